The molecule has 0 aliphatic heterocycles. The Morgan fingerprint density at radius 3 is 2.88 bits per heavy atom. The minimum Gasteiger partial charge on any atom is -0.389 e. The predicted molar refractivity (Wildman–Crippen MR) is 98.2 cm³/mol. The standard InChI is InChI=1S/C19H20N6O/c1-18-11-8-19(18,26)15(18)7-14(11)22-16-10-3-2-9(12-4-5-21-25-12)6-13(10)23-17(20)24-16/h2-6,11,14-15,26H,7-8H2,1H3,(H,21,25)(H3,20,22,23,24)/t11-,14-,15+,18-,19-/m0/s1. The average Bonchev–Trinajstić information content (AvgIpc) is 3.10. The smallest absolute Gasteiger partial charge is 0.222 e. The van der Waals surface area contributed by atoms with E-state index in [0.717, 1.165) is 40.8 Å². The third-order valence-electron chi connectivity index (χ3n) is 7.27. The van der Waals surface area contributed by atoms with E-state index in [1.807, 2.05) is 24.3 Å². The van der Waals surface area contributed by atoms with Gasteiger partial charge in [-0.25, -0.2) is 4.98 Å². The Bertz CT molecular complexity index is 1050. The van der Waals surface area contributed by atoms with Gasteiger partial charge in [0.2, 0.25) is 5.95 Å². The molecule has 3 aromatic rings. The molecule has 3 aliphatic rings. The quantitative estimate of drug-likeness (QED) is 0.577. The maximum Gasteiger partial charge on any atom is 0.222 e. The van der Waals surface area contributed by atoms with E-state index in [4.69, 9.17) is 5.73 Å². The number of aromatic amines is 1. The molecular formula is C19H20N6O. The summed E-state index contributed by atoms with van der Waals surface area (Å²) in [6.45, 7) is 2.22. The molecule has 3 aliphatic carbocycles. The lowest BCUT2D eigenvalue weighted by Crippen LogP contribution is -2.48. The molecule has 3 saturated carbocycles. The Morgan fingerprint density at radius 2 is 2.19 bits per heavy atom. The summed E-state index contributed by atoms with van der Waals surface area (Å²) in [4.78, 5) is 8.87. The van der Waals surface area contributed by atoms with Crippen molar-refractivity contribution in [3.05, 3.63) is 30.5 Å². The van der Waals surface area contributed by atoms with Crippen LogP contribution in [0.5, 0.6) is 0 Å². The molecule has 2 heterocycles. The van der Waals surface area contributed by atoms with E-state index in [1.165, 1.54) is 0 Å². The normalized spacial score (nSPS) is 36.6. The molecule has 26 heavy (non-hydrogen) atoms. The monoisotopic (exact) mass is 348 g/mol. The van der Waals surface area contributed by atoms with Crippen LogP contribution in [0.4, 0.5) is 11.8 Å². The van der Waals surface area contributed by atoms with Crippen LogP contribution in [0.2, 0.25) is 0 Å². The number of H-pyrrole nitrogens is 1. The number of aromatic nitrogens is 4. The summed E-state index contributed by atoms with van der Waals surface area (Å²) < 4.78 is 0. The maximum atomic E-state index is 10.5. The van der Waals surface area contributed by atoms with Gasteiger partial charge in [-0.2, -0.15) is 10.1 Å². The summed E-state index contributed by atoms with van der Waals surface area (Å²) in [7, 11) is 0. The number of rotatable bonds is 3. The number of hydrogen-bond acceptors (Lipinski definition) is 6. The number of nitrogens with two attached hydrogens (primary N) is 1. The summed E-state index contributed by atoms with van der Waals surface area (Å²) in [5, 5.41) is 22.0. The fourth-order valence-corrected chi connectivity index (χ4v) is 5.75. The van der Waals surface area contributed by atoms with E-state index in [2.05, 4.69) is 32.4 Å². The van der Waals surface area contributed by atoms with Crippen molar-refractivity contribution in [1.82, 2.24) is 20.2 Å². The van der Waals surface area contributed by atoms with Gasteiger partial charge in [-0.1, -0.05) is 13.0 Å². The topological polar surface area (TPSA) is 113 Å². The number of nitrogens with one attached hydrogen (secondary N) is 2. The van der Waals surface area contributed by atoms with Crippen molar-refractivity contribution in [2.75, 3.05) is 11.1 Å². The van der Waals surface area contributed by atoms with Crippen LogP contribution in [0.25, 0.3) is 22.2 Å². The highest BCUT2D eigenvalue weighted by molar-refractivity contribution is 5.92. The van der Waals surface area contributed by atoms with E-state index in [9.17, 15) is 5.11 Å². The number of benzene rings is 1. The van der Waals surface area contributed by atoms with Gasteiger partial charge in [0.15, 0.2) is 0 Å². The largest absolute Gasteiger partial charge is 0.389 e. The zero-order chi connectivity index (χ0) is 17.7. The van der Waals surface area contributed by atoms with Crippen LogP contribution in [-0.4, -0.2) is 36.9 Å². The van der Waals surface area contributed by atoms with Crippen LogP contribution in [0.15, 0.2) is 30.5 Å². The first kappa shape index (κ1) is 14.5. The van der Waals surface area contributed by atoms with Crippen LogP contribution < -0.4 is 11.1 Å². The molecule has 6 rings (SSSR count). The second-order valence-electron chi connectivity index (χ2n) is 8.19. The van der Waals surface area contributed by atoms with E-state index in [0.29, 0.717) is 17.9 Å². The second kappa shape index (κ2) is 4.35. The van der Waals surface area contributed by atoms with Gasteiger partial charge in [0.25, 0.3) is 0 Å². The molecule has 1 aromatic carbocycles. The SMILES string of the molecule is C[C@@]12[C@H]3C[C@H](Nc4nc(N)nc5cc(-c6ccn[nH]6)ccc45)[C@@H]1C[C@]32O. The minimum atomic E-state index is -0.387. The van der Waals surface area contributed by atoms with Gasteiger partial charge in [-0.3, -0.25) is 5.10 Å². The Labute approximate surface area is 150 Å². The Kier molecular flexibility index (Phi) is 2.42. The zero-order valence-corrected chi connectivity index (χ0v) is 14.4. The van der Waals surface area contributed by atoms with E-state index < -0.39 is 0 Å². The van der Waals surface area contributed by atoms with E-state index in [1.54, 1.807) is 6.20 Å². The summed E-state index contributed by atoms with van der Waals surface area (Å²) in [5.74, 6) is 1.98. The molecule has 0 unspecified atom stereocenters. The molecule has 132 valence electrons. The first-order valence-corrected chi connectivity index (χ1v) is 9.06. The Balaban J connectivity index is 1.37. The first-order chi connectivity index (χ1) is 12.5. The summed E-state index contributed by atoms with van der Waals surface area (Å²) in [5.41, 5.74) is 8.45. The van der Waals surface area contributed by atoms with Crippen LogP contribution in [0.3, 0.4) is 0 Å². The van der Waals surface area contributed by atoms with Crippen molar-refractivity contribution in [2.24, 2.45) is 17.3 Å². The predicted octanol–water partition coefficient (Wildman–Crippen LogP) is 2.17. The molecule has 0 bridgehead atoms. The number of nitrogen functional groups attached to an aromatic ring is 1. The Morgan fingerprint density at radius 1 is 1.31 bits per heavy atom. The highest BCUT2D eigenvalue weighted by atomic mass is 16.3. The molecule has 7 nitrogen and oxygen atoms in total. The van der Waals surface area contributed by atoms with Crippen molar-refractivity contribution >= 4 is 22.7 Å². The molecule has 7 heteroatoms. The van der Waals surface area contributed by atoms with Crippen molar-refractivity contribution in [2.45, 2.75) is 31.4 Å². The van der Waals surface area contributed by atoms with Crippen LogP contribution >= 0.6 is 0 Å². The average molecular weight is 348 g/mol. The summed E-state index contributed by atoms with van der Waals surface area (Å²) in [6.07, 6.45) is 3.62. The Hall–Kier alpha value is -2.67. The third kappa shape index (κ3) is 1.55. The van der Waals surface area contributed by atoms with Gasteiger partial charge < -0.3 is 16.2 Å². The highest BCUT2D eigenvalue weighted by Crippen LogP contribution is 2.84. The second-order valence-corrected chi connectivity index (χ2v) is 8.19. The molecule has 0 spiro atoms. The van der Waals surface area contributed by atoms with Gasteiger partial charge in [0, 0.05) is 28.6 Å². The lowest BCUT2D eigenvalue weighted by molar-refractivity contribution is -0.0417. The maximum absolute atomic E-state index is 10.5. The fraction of sp³-hybridized carbons (Fsp3) is 0.421. The lowest BCUT2D eigenvalue weighted by atomic mass is 9.68. The van der Waals surface area contributed by atoms with Gasteiger partial charge in [-0.05, 0) is 42.9 Å². The van der Waals surface area contributed by atoms with Crippen molar-refractivity contribution in [3.8, 4) is 11.3 Å². The van der Waals surface area contributed by atoms with Crippen molar-refractivity contribution < 1.29 is 5.11 Å². The molecule has 5 atom stereocenters. The number of hydrogen-bond donors (Lipinski definition) is 4. The number of anilines is 2. The molecule has 2 aromatic heterocycles. The van der Waals surface area contributed by atoms with Crippen LogP contribution in [0.1, 0.15) is 19.8 Å². The van der Waals surface area contributed by atoms with Crippen LogP contribution in [0, 0.1) is 17.3 Å². The lowest BCUT2D eigenvalue weighted by Gasteiger charge is -2.43. The van der Waals surface area contributed by atoms with Gasteiger partial charge >= 0.3 is 0 Å². The van der Waals surface area contributed by atoms with Crippen molar-refractivity contribution in [1.29, 1.82) is 0 Å². The number of nitrogens with zero attached hydrogens (tertiary/aromatic N) is 3. The summed E-state index contributed by atoms with van der Waals surface area (Å²) in [6, 6.07) is 8.33. The number of fused-ring (bicyclic) bond motifs is 2. The molecule has 0 saturated heterocycles. The van der Waals surface area contributed by atoms with Crippen molar-refractivity contribution in [3.63, 3.8) is 0 Å². The van der Waals surface area contributed by atoms with Gasteiger partial charge in [-0.15, -0.1) is 0 Å². The molecule has 0 amide bonds. The molecule has 5 N–H and O–H groups in total. The molecular weight excluding hydrogens is 328 g/mol. The summed E-state index contributed by atoms with van der Waals surface area (Å²) >= 11 is 0. The van der Waals surface area contributed by atoms with Gasteiger partial charge in [0.05, 0.1) is 16.8 Å². The van der Waals surface area contributed by atoms with Gasteiger partial charge in [0.1, 0.15) is 5.82 Å². The zero-order valence-electron chi connectivity index (χ0n) is 14.4. The highest BCUT2D eigenvalue weighted by Gasteiger charge is 2.88. The third-order valence-corrected chi connectivity index (χ3v) is 7.27. The minimum absolute atomic E-state index is 0.104. The molecule has 3 fully saturated rings. The van der Waals surface area contributed by atoms with Crippen LogP contribution in [-0.2, 0) is 0 Å². The van der Waals surface area contributed by atoms with E-state index in [-0.39, 0.29) is 17.0 Å². The number of aliphatic hydroxyl groups is 1. The fourth-order valence-electron chi connectivity index (χ4n) is 5.75. The first-order valence-electron chi connectivity index (χ1n) is 9.06. The molecule has 0 radical (unpaired) electrons. The van der Waals surface area contributed by atoms with E-state index >= 15 is 0 Å².